The van der Waals surface area contributed by atoms with Gasteiger partial charge in [0.05, 0.1) is 11.8 Å². The number of pyridine rings is 2. The molecule has 0 aliphatic carbocycles. The second kappa shape index (κ2) is 9.17. The Labute approximate surface area is 154 Å². The quantitative estimate of drug-likeness (QED) is 0.772. The van der Waals surface area contributed by atoms with E-state index in [1.807, 2.05) is 29.2 Å². The maximum absolute atomic E-state index is 12.7. The highest BCUT2D eigenvalue weighted by Crippen LogP contribution is 2.19. The van der Waals surface area contributed by atoms with Gasteiger partial charge in [-0.3, -0.25) is 9.78 Å². The van der Waals surface area contributed by atoms with E-state index in [2.05, 4.69) is 22.2 Å². The van der Waals surface area contributed by atoms with E-state index in [0.717, 1.165) is 43.8 Å². The van der Waals surface area contributed by atoms with Crippen molar-refractivity contribution in [2.75, 3.05) is 25.0 Å². The Morgan fingerprint density at radius 1 is 1.27 bits per heavy atom. The number of hydrogen-bond acceptors (Lipinski definition) is 5. The summed E-state index contributed by atoms with van der Waals surface area (Å²) in [7, 11) is 0. The zero-order valence-corrected chi connectivity index (χ0v) is 15.2. The summed E-state index contributed by atoms with van der Waals surface area (Å²) in [6, 6.07) is 7.50. The van der Waals surface area contributed by atoms with Crippen molar-refractivity contribution in [3.05, 3.63) is 48.4 Å². The Balaban J connectivity index is 1.48. The second-order valence-corrected chi connectivity index (χ2v) is 6.51. The lowest BCUT2D eigenvalue weighted by Gasteiger charge is -2.32. The number of nitrogens with one attached hydrogen (secondary N) is 1. The molecule has 138 valence electrons. The molecule has 0 atom stereocenters. The van der Waals surface area contributed by atoms with Crippen molar-refractivity contribution < 1.29 is 9.53 Å². The van der Waals surface area contributed by atoms with Crippen LogP contribution >= 0.6 is 0 Å². The van der Waals surface area contributed by atoms with Crippen LogP contribution < -0.4 is 10.1 Å². The minimum Gasteiger partial charge on any atom is -0.489 e. The Hall–Kier alpha value is -2.63. The van der Waals surface area contributed by atoms with E-state index in [9.17, 15) is 4.79 Å². The summed E-state index contributed by atoms with van der Waals surface area (Å²) < 4.78 is 5.93. The molecule has 0 radical (unpaired) electrons. The lowest BCUT2D eigenvalue weighted by Crippen LogP contribution is -2.41. The molecular weight excluding hydrogens is 328 g/mol. The van der Waals surface area contributed by atoms with E-state index in [1.165, 1.54) is 0 Å². The smallest absolute Gasteiger partial charge is 0.255 e. The van der Waals surface area contributed by atoms with Crippen molar-refractivity contribution in [1.29, 1.82) is 0 Å². The lowest BCUT2D eigenvalue weighted by atomic mass is 10.1. The molecule has 1 aliphatic rings. The molecule has 26 heavy (non-hydrogen) atoms. The second-order valence-electron chi connectivity index (χ2n) is 6.51. The maximum Gasteiger partial charge on any atom is 0.255 e. The molecule has 1 amide bonds. The molecule has 0 unspecified atom stereocenters. The highest BCUT2D eigenvalue weighted by Gasteiger charge is 2.24. The predicted molar refractivity (Wildman–Crippen MR) is 101 cm³/mol. The van der Waals surface area contributed by atoms with Crippen LogP contribution in [0.5, 0.6) is 5.75 Å². The number of likely N-dealkylation sites (tertiary alicyclic amines) is 1. The van der Waals surface area contributed by atoms with E-state index >= 15 is 0 Å². The van der Waals surface area contributed by atoms with Crippen LogP contribution in [0.4, 0.5) is 5.82 Å². The molecule has 3 heterocycles. The van der Waals surface area contributed by atoms with Crippen molar-refractivity contribution >= 4 is 11.7 Å². The standard InChI is InChI=1S/C20H26N4O2/c1-2-3-11-22-19-7-6-16(14-23-19)20(25)24-12-8-17(9-13-24)26-18-5-4-10-21-15-18/h4-7,10,14-15,17H,2-3,8-9,11-13H2,1H3,(H,22,23). The summed E-state index contributed by atoms with van der Waals surface area (Å²) in [6.07, 6.45) is 9.14. The molecule has 1 fully saturated rings. The number of carbonyl (C=O) groups is 1. The topological polar surface area (TPSA) is 67.4 Å². The lowest BCUT2D eigenvalue weighted by molar-refractivity contribution is 0.0594. The van der Waals surface area contributed by atoms with Gasteiger partial charge in [0.1, 0.15) is 17.7 Å². The van der Waals surface area contributed by atoms with Crippen LogP contribution in [-0.2, 0) is 0 Å². The third-order valence-corrected chi connectivity index (χ3v) is 4.51. The Kier molecular flexibility index (Phi) is 6.41. The summed E-state index contributed by atoms with van der Waals surface area (Å²) in [6.45, 7) is 4.45. The van der Waals surface area contributed by atoms with E-state index in [-0.39, 0.29) is 12.0 Å². The summed E-state index contributed by atoms with van der Waals surface area (Å²) in [5.74, 6) is 1.64. The van der Waals surface area contributed by atoms with Crippen LogP contribution in [-0.4, -0.2) is 46.5 Å². The van der Waals surface area contributed by atoms with Gasteiger partial charge in [0.2, 0.25) is 0 Å². The number of hydrogen-bond donors (Lipinski definition) is 1. The van der Waals surface area contributed by atoms with Crippen LogP contribution in [0.2, 0.25) is 0 Å². The van der Waals surface area contributed by atoms with Crippen LogP contribution in [0.25, 0.3) is 0 Å². The van der Waals surface area contributed by atoms with Gasteiger partial charge in [0.25, 0.3) is 5.91 Å². The summed E-state index contributed by atoms with van der Waals surface area (Å²) >= 11 is 0. The molecule has 2 aromatic rings. The Morgan fingerprint density at radius 3 is 2.77 bits per heavy atom. The fourth-order valence-corrected chi connectivity index (χ4v) is 2.99. The Morgan fingerprint density at radius 2 is 2.12 bits per heavy atom. The van der Waals surface area contributed by atoms with Gasteiger partial charge in [0, 0.05) is 44.9 Å². The predicted octanol–water partition coefficient (Wildman–Crippen LogP) is 3.37. The first-order valence-corrected chi connectivity index (χ1v) is 9.32. The number of amides is 1. The van der Waals surface area contributed by atoms with Gasteiger partial charge in [0.15, 0.2) is 0 Å². The molecule has 0 spiro atoms. The minimum absolute atomic E-state index is 0.0393. The van der Waals surface area contributed by atoms with Crippen LogP contribution in [0, 0.1) is 0 Å². The SMILES string of the molecule is CCCCNc1ccc(C(=O)N2CCC(Oc3cccnc3)CC2)cn1. The number of ether oxygens (including phenoxy) is 1. The molecule has 0 saturated carbocycles. The molecule has 1 N–H and O–H groups in total. The molecule has 1 aliphatic heterocycles. The summed E-state index contributed by atoms with van der Waals surface area (Å²) in [5.41, 5.74) is 0.637. The van der Waals surface area contributed by atoms with E-state index in [0.29, 0.717) is 18.7 Å². The van der Waals surface area contributed by atoms with Gasteiger partial charge in [-0.25, -0.2) is 4.98 Å². The van der Waals surface area contributed by atoms with Crippen LogP contribution in [0.1, 0.15) is 43.0 Å². The number of aromatic nitrogens is 2. The molecule has 6 heteroatoms. The maximum atomic E-state index is 12.7. The molecule has 0 aromatic carbocycles. The number of rotatable bonds is 7. The normalized spacial score (nSPS) is 14.9. The number of anilines is 1. The van der Waals surface area contributed by atoms with Crippen LogP contribution in [0.15, 0.2) is 42.9 Å². The molecule has 0 bridgehead atoms. The number of unbranched alkanes of at least 4 members (excludes halogenated alkanes) is 1. The minimum atomic E-state index is 0.0393. The van der Waals surface area contributed by atoms with Crippen molar-refractivity contribution in [3.8, 4) is 5.75 Å². The summed E-state index contributed by atoms with van der Waals surface area (Å²) in [4.78, 5) is 22.9. The van der Waals surface area contributed by atoms with E-state index in [1.54, 1.807) is 18.6 Å². The largest absolute Gasteiger partial charge is 0.489 e. The molecular formula is C20H26N4O2. The monoisotopic (exact) mass is 354 g/mol. The van der Waals surface area contributed by atoms with Gasteiger partial charge >= 0.3 is 0 Å². The van der Waals surface area contributed by atoms with E-state index < -0.39 is 0 Å². The van der Waals surface area contributed by atoms with Crippen molar-refractivity contribution in [1.82, 2.24) is 14.9 Å². The molecule has 2 aromatic heterocycles. The van der Waals surface area contributed by atoms with Crippen molar-refractivity contribution in [2.24, 2.45) is 0 Å². The van der Waals surface area contributed by atoms with Gasteiger partial charge in [-0.2, -0.15) is 0 Å². The number of nitrogens with zero attached hydrogens (tertiary/aromatic N) is 3. The number of carbonyl (C=O) groups excluding carboxylic acids is 1. The zero-order chi connectivity index (χ0) is 18.2. The highest BCUT2D eigenvalue weighted by atomic mass is 16.5. The van der Waals surface area contributed by atoms with Gasteiger partial charge in [-0.05, 0) is 30.7 Å². The zero-order valence-electron chi connectivity index (χ0n) is 15.2. The van der Waals surface area contributed by atoms with Crippen molar-refractivity contribution in [3.63, 3.8) is 0 Å². The average molecular weight is 354 g/mol. The molecule has 1 saturated heterocycles. The molecule has 3 rings (SSSR count). The highest BCUT2D eigenvalue weighted by molar-refractivity contribution is 5.94. The first-order valence-electron chi connectivity index (χ1n) is 9.32. The average Bonchev–Trinajstić information content (AvgIpc) is 2.70. The van der Waals surface area contributed by atoms with Crippen LogP contribution in [0.3, 0.4) is 0 Å². The van der Waals surface area contributed by atoms with Crippen molar-refractivity contribution in [2.45, 2.75) is 38.7 Å². The van der Waals surface area contributed by atoms with Gasteiger partial charge in [-0.1, -0.05) is 13.3 Å². The van der Waals surface area contributed by atoms with Gasteiger partial charge in [-0.15, -0.1) is 0 Å². The first-order chi connectivity index (χ1) is 12.8. The Bertz CT molecular complexity index is 683. The first kappa shape index (κ1) is 18.2. The fraction of sp³-hybridized carbons (Fsp3) is 0.450. The fourth-order valence-electron chi connectivity index (χ4n) is 2.99. The summed E-state index contributed by atoms with van der Waals surface area (Å²) in [5, 5.41) is 3.26. The van der Waals surface area contributed by atoms with Gasteiger partial charge < -0.3 is 15.0 Å². The number of piperidine rings is 1. The molecule has 6 nitrogen and oxygen atoms in total. The third kappa shape index (κ3) is 4.94. The third-order valence-electron chi connectivity index (χ3n) is 4.51. The van der Waals surface area contributed by atoms with E-state index in [4.69, 9.17) is 4.74 Å².